The van der Waals surface area contributed by atoms with Gasteiger partial charge in [0.25, 0.3) is 5.91 Å². The number of amides is 1. The lowest BCUT2D eigenvalue weighted by molar-refractivity contribution is -0.00279. The smallest absolute Gasteiger partial charge is 0.255 e. The molecule has 0 radical (unpaired) electrons. The Morgan fingerprint density at radius 3 is 3.22 bits per heavy atom. The molecule has 2 heterocycles. The van der Waals surface area contributed by atoms with E-state index in [1.54, 1.807) is 4.90 Å². The number of nitrogens with two attached hydrogens (primary N) is 1. The summed E-state index contributed by atoms with van der Waals surface area (Å²) in [7, 11) is 0. The zero-order chi connectivity index (χ0) is 13.1. The molecule has 1 aliphatic heterocycles. The molecule has 6 heteroatoms. The molecule has 1 aromatic rings. The maximum atomic E-state index is 12.4. The fourth-order valence-electron chi connectivity index (χ4n) is 2.03. The second-order valence-corrected chi connectivity index (χ2v) is 4.63. The highest BCUT2D eigenvalue weighted by atomic mass is 35.5. The summed E-state index contributed by atoms with van der Waals surface area (Å²) in [5, 5.41) is 0.329. The predicted molar refractivity (Wildman–Crippen MR) is 69.6 cm³/mol. The molecule has 0 aliphatic carbocycles. The van der Waals surface area contributed by atoms with Crippen LogP contribution in [0.15, 0.2) is 12.3 Å². The third-order valence-electron chi connectivity index (χ3n) is 3.07. The monoisotopic (exact) mass is 269 g/mol. The molecule has 1 amide bonds. The van der Waals surface area contributed by atoms with Gasteiger partial charge in [-0.05, 0) is 12.5 Å². The first-order chi connectivity index (χ1) is 8.63. The van der Waals surface area contributed by atoms with Crippen molar-refractivity contribution < 1.29 is 9.53 Å². The van der Waals surface area contributed by atoms with E-state index >= 15 is 0 Å². The van der Waals surface area contributed by atoms with Gasteiger partial charge < -0.3 is 15.4 Å². The van der Waals surface area contributed by atoms with Crippen molar-refractivity contribution >= 4 is 23.3 Å². The van der Waals surface area contributed by atoms with Gasteiger partial charge in [0.2, 0.25) is 0 Å². The molecule has 0 bridgehead atoms. The minimum Gasteiger partial charge on any atom is -0.384 e. The number of morpholine rings is 1. The number of carbonyl (C=O) groups excluding carboxylic acids is 1. The highest BCUT2D eigenvalue weighted by Crippen LogP contribution is 2.21. The zero-order valence-corrected chi connectivity index (χ0v) is 11.0. The van der Waals surface area contributed by atoms with E-state index in [1.165, 1.54) is 12.3 Å². The molecule has 0 aromatic carbocycles. The molecular weight excluding hydrogens is 254 g/mol. The number of carbonyl (C=O) groups is 1. The van der Waals surface area contributed by atoms with Crippen LogP contribution in [0.5, 0.6) is 0 Å². The topological polar surface area (TPSA) is 68.5 Å². The number of rotatable bonds is 2. The number of halogens is 1. The lowest BCUT2D eigenvalue weighted by Crippen LogP contribution is -2.48. The summed E-state index contributed by atoms with van der Waals surface area (Å²) in [5.74, 6) is 0.188. The van der Waals surface area contributed by atoms with Crippen molar-refractivity contribution in [2.45, 2.75) is 19.4 Å². The average Bonchev–Trinajstić information content (AvgIpc) is 2.40. The van der Waals surface area contributed by atoms with Crippen LogP contribution in [-0.4, -0.2) is 41.6 Å². The zero-order valence-electron chi connectivity index (χ0n) is 10.2. The van der Waals surface area contributed by atoms with Gasteiger partial charge in [0, 0.05) is 12.7 Å². The minimum absolute atomic E-state index is 0.0942. The maximum absolute atomic E-state index is 12.4. The SMILES string of the molecule is CCC1COCCN1C(=O)c1cc(N)ncc1Cl. The van der Waals surface area contributed by atoms with E-state index < -0.39 is 0 Å². The third kappa shape index (κ3) is 2.57. The third-order valence-corrected chi connectivity index (χ3v) is 3.37. The maximum Gasteiger partial charge on any atom is 0.255 e. The summed E-state index contributed by atoms with van der Waals surface area (Å²) in [6.45, 7) is 3.74. The van der Waals surface area contributed by atoms with Crippen molar-refractivity contribution in [1.29, 1.82) is 0 Å². The van der Waals surface area contributed by atoms with Gasteiger partial charge in [-0.2, -0.15) is 0 Å². The second kappa shape index (κ2) is 5.54. The summed E-state index contributed by atoms with van der Waals surface area (Å²) < 4.78 is 5.38. The molecule has 2 rings (SSSR count). The van der Waals surface area contributed by atoms with Crippen LogP contribution in [0.2, 0.25) is 5.02 Å². The summed E-state index contributed by atoms with van der Waals surface area (Å²) in [4.78, 5) is 18.1. The van der Waals surface area contributed by atoms with Crippen molar-refractivity contribution in [2.75, 3.05) is 25.5 Å². The Balaban J connectivity index is 2.26. The van der Waals surface area contributed by atoms with Crippen LogP contribution in [0, 0.1) is 0 Å². The van der Waals surface area contributed by atoms with E-state index in [1.807, 2.05) is 6.92 Å². The van der Waals surface area contributed by atoms with Crippen molar-refractivity contribution in [1.82, 2.24) is 9.88 Å². The van der Waals surface area contributed by atoms with E-state index in [0.29, 0.717) is 36.2 Å². The van der Waals surface area contributed by atoms with Crippen LogP contribution in [0.25, 0.3) is 0 Å². The number of nitrogens with zero attached hydrogens (tertiary/aromatic N) is 2. The molecule has 1 aliphatic rings. The fraction of sp³-hybridized carbons (Fsp3) is 0.500. The van der Waals surface area contributed by atoms with E-state index in [-0.39, 0.29) is 11.9 Å². The fourth-order valence-corrected chi connectivity index (χ4v) is 2.22. The molecule has 2 N–H and O–H groups in total. The van der Waals surface area contributed by atoms with Gasteiger partial charge >= 0.3 is 0 Å². The van der Waals surface area contributed by atoms with Gasteiger partial charge in [-0.3, -0.25) is 4.79 Å². The Kier molecular flexibility index (Phi) is 4.04. The van der Waals surface area contributed by atoms with Gasteiger partial charge in [-0.15, -0.1) is 0 Å². The predicted octanol–water partition coefficient (Wildman–Crippen LogP) is 1.57. The number of anilines is 1. The largest absolute Gasteiger partial charge is 0.384 e. The normalized spacial score (nSPS) is 19.9. The first-order valence-corrected chi connectivity index (χ1v) is 6.31. The molecule has 5 nitrogen and oxygen atoms in total. The first kappa shape index (κ1) is 13.1. The van der Waals surface area contributed by atoms with Crippen molar-refractivity contribution in [3.63, 3.8) is 0 Å². The van der Waals surface area contributed by atoms with Gasteiger partial charge in [0.15, 0.2) is 0 Å². The summed E-state index contributed by atoms with van der Waals surface area (Å²) >= 11 is 6.00. The van der Waals surface area contributed by atoms with Gasteiger partial charge in [-0.1, -0.05) is 18.5 Å². The average molecular weight is 270 g/mol. The first-order valence-electron chi connectivity index (χ1n) is 5.93. The Morgan fingerprint density at radius 2 is 2.50 bits per heavy atom. The van der Waals surface area contributed by atoms with Crippen molar-refractivity contribution in [2.24, 2.45) is 0 Å². The summed E-state index contributed by atoms with van der Waals surface area (Å²) in [6, 6.07) is 1.61. The Morgan fingerprint density at radius 1 is 1.72 bits per heavy atom. The molecule has 0 saturated carbocycles. The number of hydrogen-bond donors (Lipinski definition) is 1. The van der Waals surface area contributed by atoms with Crippen LogP contribution in [0.4, 0.5) is 5.82 Å². The standard InChI is InChI=1S/C12H16ClN3O2/c1-2-8-7-18-4-3-16(8)12(17)9-5-11(14)15-6-10(9)13/h5-6,8H,2-4,7H2,1H3,(H2,14,15). The molecule has 98 valence electrons. The van der Waals surface area contributed by atoms with Crippen LogP contribution in [0.1, 0.15) is 23.7 Å². The molecular formula is C12H16ClN3O2. The highest BCUT2D eigenvalue weighted by molar-refractivity contribution is 6.33. The Labute approximate surface area is 111 Å². The molecule has 0 spiro atoms. The second-order valence-electron chi connectivity index (χ2n) is 4.22. The number of ether oxygens (including phenoxy) is 1. The number of pyridine rings is 1. The lowest BCUT2D eigenvalue weighted by Gasteiger charge is -2.35. The molecule has 1 unspecified atom stereocenters. The summed E-state index contributed by atoms with van der Waals surface area (Å²) in [5.41, 5.74) is 6.00. The quantitative estimate of drug-likeness (QED) is 0.885. The number of nitrogen functional groups attached to an aromatic ring is 1. The highest BCUT2D eigenvalue weighted by Gasteiger charge is 2.28. The van der Waals surface area contributed by atoms with Gasteiger partial charge in [0.1, 0.15) is 5.82 Å². The van der Waals surface area contributed by atoms with E-state index in [4.69, 9.17) is 22.1 Å². The van der Waals surface area contributed by atoms with Crippen LogP contribution in [0.3, 0.4) is 0 Å². The minimum atomic E-state index is -0.107. The molecule has 1 aromatic heterocycles. The van der Waals surface area contributed by atoms with Gasteiger partial charge in [-0.25, -0.2) is 4.98 Å². The number of aromatic nitrogens is 1. The lowest BCUT2D eigenvalue weighted by atomic mass is 10.1. The molecule has 18 heavy (non-hydrogen) atoms. The van der Waals surface area contributed by atoms with E-state index in [0.717, 1.165) is 6.42 Å². The van der Waals surface area contributed by atoms with Gasteiger partial charge in [0.05, 0.1) is 29.8 Å². The van der Waals surface area contributed by atoms with Crippen molar-refractivity contribution in [3.8, 4) is 0 Å². The van der Waals surface area contributed by atoms with E-state index in [9.17, 15) is 4.79 Å². The summed E-state index contributed by atoms with van der Waals surface area (Å²) in [6.07, 6.45) is 2.26. The number of hydrogen-bond acceptors (Lipinski definition) is 4. The van der Waals surface area contributed by atoms with E-state index in [2.05, 4.69) is 4.98 Å². The van der Waals surface area contributed by atoms with Crippen LogP contribution < -0.4 is 5.73 Å². The Bertz CT molecular complexity index is 453. The molecule has 1 atom stereocenters. The van der Waals surface area contributed by atoms with Crippen LogP contribution in [-0.2, 0) is 4.74 Å². The van der Waals surface area contributed by atoms with Crippen LogP contribution >= 0.6 is 11.6 Å². The Hall–Kier alpha value is -1.33. The molecule has 1 fully saturated rings. The van der Waals surface area contributed by atoms with Crippen molar-refractivity contribution in [3.05, 3.63) is 22.8 Å². The molecule has 1 saturated heterocycles.